The molecule has 21 heteroatoms. The van der Waals surface area contributed by atoms with Crippen LogP contribution in [0, 0.1) is 16.6 Å². The lowest BCUT2D eigenvalue weighted by molar-refractivity contribution is -0.132. The van der Waals surface area contributed by atoms with Crippen LogP contribution < -0.4 is 30.9 Å². The van der Waals surface area contributed by atoms with Gasteiger partial charge in [0.1, 0.15) is 35.6 Å². The third kappa shape index (κ3) is 19.5. The average molecular weight is 1130 g/mol. The van der Waals surface area contributed by atoms with E-state index in [0.29, 0.717) is 110 Å². The molecule has 1 aromatic heterocycles. The first-order chi connectivity index (χ1) is 39.7. The Morgan fingerprint density at radius 2 is 1.49 bits per heavy atom. The Hall–Kier alpha value is -7.17. The first kappa shape index (κ1) is 64.0. The van der Waals surface area contributed by atoms with Gasteiger partial charge in [-0.05, 0) is 119 Å². The van der Waals surface area contributed by atoms with E-state index in [1.807, 2.05) is 24.3 Å². The lowest BCUT2D eigenvalue weighted by Crippen LogP contribution is -2.58. The molecule has 2 aliphatic rings. The monoisotopic (exact) mass is 1130 g/mol. The molecule has 444 valence electrons. The summed E-state index contributed by atoms with van der Waals surface area (Å²) in [5.74, 6) is -0.517. The van der Waals surface area contributed by atoms with Crippen LogP contribution in [-0.4, -0.2) is 180 Å². The second kappa shape index (κ2) is 33.7. The highest BCUT2D eigenvalue weighted by molar-refractivity contribution is 6.10. The number of nitrogens with one attached hydrogen (secondary N) is 6. The number of unbranched alkanes of at least 4 members (excludes halogenated alkanes) is 3. The summed E-state index contributed by atoms with van der Waals surface area (Å²) in [5.41, 5.74) is 3.16. The summed E-state index contributed by atoms with van der Waals surface area (Å²) >= 11 is 0. The zero-order chi connectivity index (χ0) is 58.7. The van der Waals surface area contributed by atoms with Crippen molar-refractivity contribution in [2.24, 2.45) is 0 Å². The number of amidine groups is 2. The maximum Gasteiger partial charge on any atom is 0.255 e. The molecule has 2 aliphatic heterocycles. The number of carbonyl (C=O) groups excluding carboxylic acids is 5. The molecule has 3 heterocycles. The van der Waals surface area contributed by atoms with Crippen LogP contribution in [0.2, 0.25) is 0 Å². The molecule has 0 radical (unpaired) electrons. The molecule has 20 nitrogen and oxygen atoms in total. The highest BCUT2D eigenvalue weighted by atomic mass is 19.1. The Morgan fingerprint density at radius 3 is 2.17 bits per heavy atom. The van der Waals surface area contributed by atoms with Crippen molar-refractivity contribution in [2.75, 3.05) is 117 Å². The third-order valence-electron chi connectivity index (χ3n) is 15.0. The number of amides is 3. The standard InChI is InChI=1S/C61H84FN11O9/c1-45(67-43-46-13-9-15-50(39-46)69-61(21-25-70(3)26-22-61)60(64)68-57(63)47-19-23-66-24-20-47)48-14-10-16-51(40-48)82-34-8-6-5-7-32-79-35-37-81-38-36-80-33-12-18-56(76)73-29-27-72(28-30-73)55-42-52(49(44-75)41-53(55)62)59(78)71(4)54(17-11-31-74)58(77)65-2/h9-10,13-16,19-20,23-24,31,39-42,44-45,54,67,69H,5-8,11-12,17-18,21-22,25-30,32-38,43H2,1-4H3,(H,65,77)(H3,63,64,68)/t45-,54?/m1/s1. The summed E-state index contributed by atoms with van der Waals surface area (Å²) in [6.45, 7) is 9.30. The lowest BCUT2D eigenvalue weighted by atomic mass is 9.85. The molecule has 0 aliphatic carbocycles. The second-order valence-electron chi connectivity index (χ2n) is 20.9. The number of nitrogens with zero attached hydrogens (tertiary/aromatic N) is 5. The van der Waals surface area contributed by atoms with E-state index < -0.39 is 29.2 Å². The minimum atomic E-state index is -0.965. The molecule has 2 saturated heterocycles. The van der Waals surface area contributed by atoms with Crippen molar-refractivity contribution in [3.05, 3.63) is 119 Å². The Labute approximate surface area is 482 Å². The van der Waals surface area contributed by atoms with E-state index in [4.69, 9.17) is 29.8 Å². The molecular weight excluding hydrogens is 1050 g/mol. The van der Waals surface area contributed by atoms with E-state index in [-0.39, 0.29) is 53.3 Å². The fourth-order valence-electron chi connectivity index (χ4n) is 9.97. The SMILES string of the molecule is CNC(=O)C(CCC=O)N(C)C(=O)c1cc(N2CCN(C(=O)CCCOCCOCCOCCCCCCOc3cccc([C@@H](C)NCc4cccc(NC5(C(=N)NC(=N)c6ccncc6)CCN(C)CC5)c4)c3)CC2)c(F)cc1C=O. The summed E-state index contributed by atoms with van der Waals surface area (Å²) in [4.78, 5) is 72.8. The van der Waals surface area contributed by atoms with E-state index in [1.165, 1.54) is 20.2 Å². The van der Waals surface area contributed by atoms with E-state index >= 15 is 4.39 Å². The van der Waals surface area contributed by atoms with Crippen LogP contribution in [0.25, 0.3) is 0 Å². The quantitative estimate of drug-likeness (QED) is 0.0124. The minimum Gasteiger partial charge on any atom is -0.494 e. The number of piperidine rings is 1. The van der Waals surface area contributed by atoms with Gasteiger partial charge in [-0.3, -0.25) is 35.0 Å². The van der Waals surface area contributed by atoms with Crippen LogP contribution in [0.3, 0.4) is 0 Å². The molecule has 0 spiro atoms. The molecule has 0 saturated carbocycles. The predicted octanol–water partition coefficient (Wildman–Crippen LogP) is 6.64. The number of likely N-dealkylation sites (N-methyl/N-ethyl adjacent to an activating group) is 2. The van der Waals surface area contributed by atoms with Crippen molar-refractivity contribution in [3.63, 3.8) is 0 Å². The van der Waals surface area contributed by atoms with Gasteiger partial charge in [-0.25, -0.2) is 4.39 Å². The molecule has 0 bridgehead atoms. The Bertz CT molecular complexity index is 2700. The maximum absolute atomic E-state index is 15.3. The van der Waals surface area contributed by atoms with Gasteiger partial charge < -0.3 is 64.6 Å². The molecule has 2 atom stereocenters. The number of aromatic nitrogens is 1. The summed E-state index contributed by atoms with van der Waals surface area (Å²) < 4.78 is 38.5. The lowest BCUT2D eigenvalue weighted by Gasteiger charge is -2.42. The van der Waals surface area contributed by atoms with Crippen molar-refractivity contribution in [1.29, 1.82) is 10.8 Å². The van der Waals surface area contributed by atoms with E-state index in [1.54, 1.807) is 34.3 Å². The highest BCUT2D eigenvalue weighted by Crippen LogP contribution is 2.30. The maximum atomic E-state index is 15.3. The number of pyridine rings is 1. The first-order valence-electron chi connectivity index (χ1n) is 28.6. The largest absolute Gasteiger partial charge is 0.494 e. The van der Waals surface area contributed by atoms with E-state index in [2.05, 4.69) is 69.4 Å². The van der Waals surface area contributed by atoms with E-state index in [0.717, 1.165) is 85.1 Å². The average Bonchev–Trinajstić information content (AvgIpc) is 3.70. The molecule has 3 aromatic carbocycles. The van der Waals surface area contributed by atoms with Gasteiger partial charge in [0, 0.05) is 121 Å². The number of hydrogen-bond donors (Lipinski definition) is 6. The summed E-state index contributed by atoms with van der Waals surface area (Å²) in [6, 6.07) is 21.6. The minimum absolute atomic E-state index is 0.0337. The summed E-state index contributed by atoms with van der Waals surface area (Å²) in [5, 5.41) is 30.7. The molecule has 6 N–H and O–H groups in total. The number of benzene rings is 3. The highest BCUT2D eigenvalue weighted by Gasteiger charge is 2.39. The van der Waals surface area contributed by atoms with Gasteiger partial charge in [-0.1, -0.05) is 30.7 Å². The zero-order valence-electron chi connectivity index (χ0n) is 48.2. The Balaban J connectivity index is 0.771. The molecule has 6 rings (SSSR count). The number of likely N-dealkylation sites (tertiary alicyclic amines) is 1. The van der Waals surface area contributed by atoms with Gasteiger partial charge in [-0.15, -0.1) is 0 Å². The van der Waals surface area contributed by atoms with Crippen molar-refractivity contribution < 1.29 is 47.3 Å². The Morgan fingerprint density at radius 1 is 0.817 bits per heavy atom. The van der Waals surface area contributed by atoms with E-state index in [9.17, 15) is 24.0 Å². The molecule has 4 aromatic rings. The normalized spacial score (nSPS) is 15.0. The molecule has 82 heavy (non-hydrogen) atoms. The van der Waals surface area contributed by atoms with Gasteiger partial charge in [-0.2, -0.15) is 0 Å². The second-order valence-corrected chi connectivity index (χ2v) is 20.9. The Kier molecular flexibility index (Phi) is 26.3. The van der Waals surface area contributed by atoms with Gasteiger partial charge in [0.25, 0.3) is 5.91 Å². The summed E-state index contributed by atoms with van der Waals surface area (Å²) in [7, 11) is 4.92. The number of rotatable bonds is 34. The number of hydrogen-bond acceptors (Lipinski definition) is 16. The van der Waals surface area contributed by atoms with Crippen molar-refractivity contribution in [3.8, 4) is 5.75 Å². The van der Waals surface area contributed by atoms with Gasteiger partial charge in [0.2, 0.25) is 11.8 Å². The fourth-order valence-corrected chi connectivity index (χ4v) is 9.97. The van der Waals surface area contributed by atoms with Crippen LogP contribution in [0.5, 0.6) is 5.75 Å². The van der Waals surface area contributed by atoms with Gasteiger partial charge >= 0.3 is 0 Å². The van der Waals surface area contributed by atoms with Gasteiger partial charge in [0.05, 0.1) is 49.8 Å². The van der Waals surface area contributed by atoms with Crippen LogP contribution in [0.1, 0.15) is 115 Å². The van der Waals surface area contributed by atoms with Crippen LogP contribution in [-0.2, 0) is 35.1 Å². The molecule has 2 fully saturated rings. The van der Waals surface area contributed by atoms with Crippen LogP contribution >= 0.6 is 0 Å². The smallest absolute Gasteiger partial charge is 0.255 e. The molecule has 1 unspecified atom stereocenters. The van der Waals surface area contributed by atoms with Crippen molar-refractivity contribution >= 4 is 53.3 Å². The number of piperazine rings is 1. The van der Waals surface area contributed by atoms with Crippen molar-refractivity contribution in [2.45, 2.75) is 95.3 Å². The number of aldehydes is 2. The number of carbonyl (C=O) groups is 5. The topological polar surface area (TPSA) is 244 Å². The van der Waals surface area contributed by atoms with Crippen LogP contribution in [0.15, 0.2) is 85.2 Å². The predicted molar refractivity (Wildman–Crippen MR) is 315 cm³/mol. The number of halogens is 1. The van der Waals surface area contributed by atoms with Crippen LogP contribution in [0.4, 0.5) is 15.8 Å². The third-order valence-corrected chi connectivity index (χ3v) is 15.0. The number of ether oxygens (including phenoxy) is 4. The fraction of sp³-hybridized carbons (Fsp3) is 0.508. The number of anilines is 2. The molecular formula is C61H84FN11O9. The van der Waals surface area contributed by atoms with Crippen molar-refractivity contribution in [1.82, 2.24) is 35.6 Å². The first-order valence-corrected chi connectivity index (χ1v) is 28.6. The van der Waals surface area contributed by atoms with Gasteiger partial charge in [0.15, 0.2) is 6.29 Å². The molecule has 3 amide bonds. The summed E-state index contributed by atoms with van der Waals surface area (Å²) in [6.07, 6.45) is 10.8. The zero-order valence-corrected chi connectivity index (χ0v) is 48.2.